The number of rotatable bonds is 4. The molecular weight excluding hydrogens is 280 g/mol. The quantitative estimate of drug-likeness (QED) is 0.925. The number of piperidine rings is 1. The standard InChI is InChI=1S/C12H15ClN6O/c13-10-15-11(14-8-9-4-7-20-18-9)17-12(16-10)19-5-2-1-3-6-19/h4,7H,1-3,5-6,8H2,(H,14,15,16,17). The van der Waals surface area contributed by atoms with E-state index < -0.39 is 0 Å². The minimum absolute atomic E-state index is 0.197. The van der Waals surface area contributed by atoms with Gasteiger partial charge in [0.05, 0.1) is 6.54 Å². The smallest absolute Gasteiger partial charge is 0.231 e. The molecule has 0 atom stereocenters. The topological polar surface area (TPSA) is 80.0 Å². The van der Waals surface area contributed by atoms with Gasteiger partial charge in [0.25, 0.3) is 0 Å². The second-order valence-electron chi connectivity index (χ2n) is 4.62. The Hall–Kier alpha value is -1.89. The number of nitrogens with zero attached hydrogens (tertiary/aromatic N) is 5. The highest BCUT2D eigenvalue weighted by atomic mass is 35.5. The lowest BCUT2D eigenvalue weighted by Gasteiger charge is -2.26. The van der Waals surface area contributed by atoms with Gasteiger partial charge >= 0.3 is 0 Å². The first-order chi connectivity index (χ1) is 9.81. The van der Waals surface area contributed by atoms with Crippen molar-refractivity contribution < 1.29 is 4.52 Å². The lowest BCUT2D eigenvalue weighted by atomic mass is 10.1. The summed E-state index contributed by atoms with van der Waals surface area (Å²) in [5, 5.41) is 7.08. The first-order valence-corrected chi connectivity index (χ1v) is 6.99. The number of halogens is 1. The van der Waals surface area contributed by atoms with Crippen molar-refractivity contribution in [2.75, 3.05) is 23.3 Å². The van der Waals surface area contributed by atoms with Crippen molar-refractivity contribution in [3.63, 3.8) is 0 Å². The number of hydrogen-bond donors (Lipinski definition) is 1. The SMILES string of the molecule is Clc1nc(NCc2ccon2)nc(N2CCCCC2)n1. The van der Waals surface area contributed by atoms with Gasteiger partial charge in [-0.3, -0.25) is 0 Å². The second-order valence-corrected chi connectivity index (χ2v) is 4.96. The molecule has 2 aromatic heterocycles. The maximum atomic E-state index is 5.97. The van der Waals surface area contributed by atoms with Gasteiger partial charge in [-0.1, -0.05) is 5.16 Å². The van der Waals surface area contributed by atoms with Crippen molar-refractivity contribution in [1.29, 1.82) is 0 Å². The van der Waals surface area contributed by atoms with E-state index in [0.29, 0.717) is 18.4 Å². The monoisotopic (exact) mass is 294 g/mol. The maximum absolute atomic E-state index is 5.97. The van der Waals surface area contributed by atoms with Gasteiger partial charge in [0, 0.05) is 19.2 Å². The highest BCUT2D eigenvalue weighted by molar-refractivity contribution is 6.28. The lowest BCUT2D eigenvalue weighted by Crippen LogP contribution is -2.31. The fourth-order valence-electron chi connectivity index (χ4n) is 2.15. The number of aromatic nitrogens is 4. The molecule has 20 heavy (non-hydrogen) atoms. The molecule has 7 nitrogen and oxygen atoms in total. The lowest BCUT2D eigenvalue weighted by molar-refractivity contribution is 0.412. The van der Waals surface area contributed by atoms with Crippen LogP contribution in [0.5, 0.6) is 0 Å². The average Bonchev–Trinajstić information content (AvgIpc) is 2.99. The molecule has 0 aliphatic carbocycles. The number of hydrogen-bond acceptors (Lipinski definition) is 7. The van der Waals surface area contributed by atoms with Crippen LogP contribution >= 0.6 is 11.6 Å². The van der Waals surface area contributed by atoms with Crippen molar-refractivity contribution in [2.45, 2.75) is 25.8 Å². The summed E-state index contributed by atoms with van der Waals surface area (Å²) in [6.07, 6.45) is 5.10. The molecule has 1 aliphatic heterocycles. The summed E-state index contributed by atoms with van der Waals surface area (Å²) in [5.41, 5.74) is 0.779. The van der Waals surface area contributed by atoms with E-state index in [4.69, 9.17) is 16.1 Å². The van der Waals surface area contributed by atoms with Crippen LogP contribution < -0.4 is 10.2 Å². The van der Waals surface area contributed by atoms with E-state index in [9.17, 15) is 0 Å². The fraction of sp³-hybridized carbons (Fsp3) is 0.500. The van der Waals surface area contributed by atoms with E-state index in [-0.39, 0.29) is 5.28 Å². The molecule has 3 rings (SSSR count). The fourth-order valence-corrected chi connectivity index (χ4v) is 2.31. The van der Waals surface area contributed by atoms with Crippen molar-refractivity contribution in [3.8, 4) is 0 Å². The normalized spacial score (nSPS) is 15.3. The van der Waals surface area contributed by atoms with Crippen LogP contribution in [-0.2, 0) is 6.54 Å². The largest absolute Gasteiger partial charge is 0.364 e. The van der Waals surface area contributed by atoms with E-state index in [2.05, 4.69) is 30.3 Å². The molecule has 0 aromatic carbocycles. The zero-order chi connectivity index (χ0) is 13.8. The molecule has 2 aromatic rings. The molecule has 0 spiro atoms. The third-order valence-corrected chi connectivity index (χ3v) is 3.32. The van der Waals surface area contributed by atoms with Crippen molar-refractivity contribution in [2.24, 2.45) is 0 Å². The van der Waals surface area contributed by atoms with E-state index in [0.717, 1.165) is 31.6 Å². The zero-order valence-corrected chi connectivity index (χ0v) is 11.7. The molecular formula is C12H15ClN6O. The third kappa shape index (κ3) is 3.16. The molecule has 0 unspecified atom stereocenters. The van der Waals surface area contributed by atoms with Crippen LogP contribution in [0.1, 0.15) is 25.0 Å². The van der Waals surface area contributed by atoms with Gasteiger partial charge < -0.3 is 14.7 Å². The summed E-state index contributed by atoms with van der Waals surface area (Å²) in [7, 11) is 0. The Labute approximate surface area is 121 Å². The van der Waals surface area contributed by atoms with Gasteiger partial charge in [-0.2, -0.15) is 15.0 Å². The molecule has 0 bridgehead atoms. The first-order valence-electron chi connectivity index (χ1n) is 6.61. The van der Waals surface area contributed by atoms with Crippen molar-refractivity contribution in [1.82, 2.24) is 20.1 Å². The van der Waals surface area contributed by atoms with Crippen LogP contribution in [-0.4, -0.2) is 33.2 Å². The van der Waals surface area contributed by atoms with Crippen molar-refractivity contribution >= 4 is 23.5 Å². The van der Waals surface area contributed by atoms with E-state index >= 15 is 0 Å². The van der Waals surface area contributed by atoms with E-state index in [1.165, 1.54) is 12.7 Å². The summed E-state index contributed by atoms with van der Waals surface area (Å²) in [6, 6.07) is 1.78. The van der Waals surface area contributed by atoms with Crippen LogP contribution in [0.4, 0.5) is 11.9 Å². The Bertz CT molecular complexity index is 555. The summed E-state index contributed by atoms with van der Waals surface area (Å²) in [6.45, 7) is 2.41. The number of nitrogens with one attached hydrogen (secondary N) is 1. The Kier molecular flexibility index (Phi) is 3.96. The Balaban J connectivity index is 1.72. The Morgan fingerprint density at radius 3 is 2.80 bits per heavy atom. The van der Waals surface area contributed by atoms with Crippen LogP contribution in [0, 0.1) is 0 Å². The number of anilines is 2. The molecule has 1 aliphatic rings. The highest BCUT2D eigenvalue weighted by Gasteiger charge is 2.15. The van der Waals surface area contributed by atoms with E-state index in [1.54, 1.807) is 6.07 Å². The minimum atomic E-state index is 0.197. The summed E-state index contributed by atoms with van der Waals surface area (Å²) in [5.74, 6) is 1.08. The molecule has 106 valence electrons. The summed E-state index contributed by atoms with van der Waals surface area (Å²) in [4.78, 5) is 14.8. The third-order valence-electron chi connectivity index (χ3n) is 3.15. The molecule has 0 amide bonds. The molecule has 0 saturated carbocycles. The predicted octanol–water partition coefficient (Wildman–Crippen LogP) is 2.12. The van der Waals surface area contributed by atoms with Crippen LogP contribution in [0.25, 0.3) is 0 Å². The van der Waals surface area contributed by atoms with Crippen molar-refractivity contribution in [3.05, 3.63) is 23.3 Å². The molecule has 8 heteroatoms. The van der Waals surface area contributed by atoms with Gasteiger partial charge in [0.1, 0.15) is 12.0 Å². The van der Waals surface area contributed by atoms with Gasteiger partial charge in [-0.05, 0) is 30.9 Å². The maximum Gasteiger partial charge on any atom is 0.231 e. The summed E-state index contributed by atoms with van der Waals surface area (Å²) >= 11 is 5.97. The zero-order valence-electron chi connectivity index (χ0n) is 10.9. The van der Waals surface area contributed by atoms with E-state index in [1.807, 2.05) is 0 Å². The van der Waals surface area contributed by atoms with Gasteiger partial charge in [-0.25, -0.2) is 0 Å². The van der Waals surface area contributed by atoms with Gasteiger partial charge in [0.15, 0.2) is 0 Å². The van der Waals surface area contributed by atoms with Crippen LogP contribution in [0.3, 0.4) is 0 Å². The Morgan fingerprint density at radius 2 is 2.05 bits per heavy atom. The molecule has 0 radical (unpaired) electrons. The molecule has 1 N–H and O–H groups in total. The average molecular weight is 295 g/mol. The van der Waals surface area contributed by atoms with Crippen LogP contribution in [0.2, 0.25) is 5.28 Å². The Morgan fingerprint density at radius 1 is 1.20 bits per heavy atom. The van der Waals surface area contributed by atoms with Crippen LogP contribution in [0.15, 0.2) is 16.9 Å². The predicted molar refractivity (Wildman–Crippen MR) is 74.7 cm³/mol. The molecule has 1 saturated heterocycles. The molecule has 3 heterocycles. The summed E-state index contributed by atoms with van der Waals surface area (Å²) < 4.78 is 4.77. The van der Waals surface area contributed by atoms with Gasteiger partial charge in [-0.15, -0.1) is 0 Å². The molecule has 1 fully saturated rings. The van der Waals surface area contributed by atoms with Gasteiger partial charge in [0.2, 0.25) is 17.2 Å². The first kappa shape index (κ1) is 13.1. The highest BCUT2D eigenvalue weighted by Crippen LogP contribution is 2.18. The minimum Gasteiger partial charge on any atom is -0.364 e. The second kappa shape index (κ2) is 6.04.